The molecule has 3 aromatic rings. The van der Waals surface area contributed by atoms with Crippen LogP contribution in [0.3, 0.4) is 0 Å². The van der Waals surface area contributed by atoms with Gasteiger partial charge in [-0.05, 0) is 35.4 Å². The highest BCUT2D eigenvalue weighted by Gasteiger charge is 2.31. The number of aromatic nitrogens is 2. The highest BCUT2D eigenvalue weighted by molar-refractivity contribution is 5.66. The molecule has 2 aliphatic heterocycles. The number of likely N-dealkylation sites (tertiary alicyclic amines) is 1. The van der Waals surface area contributed by atoms with E-state index in [1.54, 1.807) is 0 Å². The van der Waals surface area contributed by atoms with Crippen LogP contribution in [0.25, 0.3) is 0 Å². The lowest BCUT2D eigenvalue weighted by atomic mass is 9.91. The molecule has 40 heavy (non-hydrogen) atoms. The standard InChI is InChI=1S/C31H34N4O5/c1-22(36)40-28-19-35(20-28)18-27(16-29-30(37)31(38)33-21-32-29)26-10-8-24(9-11-26)3-2-23-4-6-25(7-5-23)17-34-12-14-39-15-13-34/h4-11,21,27-28,37H,12-20H2,1H3,(H,32,33,38)/t27-/m0/s1. The number of carbonyl (C=O) groups is 1. The molecule has 0 unspecified atom stereocenters. The third kappa shape index (κ3) is 7.36. The molecule has 9 heteroatoms. The van der Waals surface area contributed by atoms with Crippen molar-refractivity contribution < 1.29 is 19.4 Å². The predicted octanol–water partition coefficient (Wildman–Crippen LogP) is 2.28. The molecule has 2 N–H and O–H groups in total. The van der Waals surface area contributed by atoms with E-state index in [0.29, 0.717) is 31.7 Å². The summed E-state index contributed by atoms with van der Waals surface area (Å²) in [4.78, 5) is 34.3. The fraction of sp³-hybridized carbons (Fsp3) is 0.387. The van der Waals surface area contributed by atoms with Crippen molar-refractivity contribution in [3.63, 3.8) is 0 Å². The first-order chi connectivity index (χ1) is 19.4. The van der Waals surface area contributed by atoms with Crippen LogP contribution in [0.5, 0.6) is 5.75 Å². The minimum absolute atomic E-state index is 0.0282. The summed E-state index contributed by atoms with van der Waals surface area (Å²) in [5, 5.41) is 10.3. The quantitative estimate of drug-likeness (QED) is 0.330. The first-order valence-corrected chi connectivity index (χ1v) is 13.6. The van der Waals surface area contributed by atoms with Crippen molar-refractivity contribution in [1.82, 2.24) is 19.8 Å². The molecule has 2 fully saturated rings. The summed E-state index contributed by atoms with van der Waals surface area (Å²) in [6.07, 6.45) is 1.60. The number of benzene rings is 2. The summed E-state index contributed by atoms with van der Waals surface area (Å²) in [6.45, 7) is 7.84. The fourth-order valence-corrected chi connectivity index (χ4v) is 5.09. The largest absolute Gasteiger partial charge is 0.502 e. The highest BCUT2D eigenvalue weighted by atomic mass is 16.5. The van der Waals surface area contributed by atoms with Crippen molar-refractivity contribution in [3.8, 4) is 17.6 Å². The minimum atomic E-state index is -0.553. The van der Waals surface area contributed by atoms with Gasteiger partial charge in [0.2, 0.25) is 5.75 Å². The van der Waals surface area contributed by atoms with E-state index in [9.17, 15) is 14.7 Å². The van der Waals surface area contributed by atoms with Crippen molar-refractivity contribution in [1.29, 1.82) is 0 Å². The smallest absolute Gasteiger partial charge is 0.302 e. The number of morpholine rings is 1. The lowest BCUT2D eigenvalue weighted by molar-refractivity contribution is -0.154. The van der Waals surface area contributed by atoms with E-state index in [1.807, 2.05) is 24.3 Å². The summed E-state index contributed by atoms with van der Waals surface area (Å²) >= 11 is 0. The van der Waals surface area contributed by atoms with Crippen LogP contribution in [0.4, 0.5) is 0 Å². The van der Waals surface area contributed by atoms with Gasteiger partial charge in [0, 0.05) is 69.7 Å². The number of nitrogens with zero attached hydrogens (tertiary/aromatic N) is 3. The molecule has 0 bridgehead atoms. The van der Waals surface area contributed by atoms with Gasteiger partial charge in [0.05, 0.1) is 25.2 Å². The highest BCUT2D eigenvalue weighted by Crippen LogP contribution is 2.27. The molecular weight excluding hydrogens is 508 g/mol. The summed E-state index contributed by atoms with van der Waals surface area (Å²) in [6, 6.07) is 16.4. The van der Waals surface area contributed by atoms with Crippen LogP contribution in [0.2, 0.25) is 0 Å². The fourth-order valence-electron chi connectivity index (χ4n) is 5.09. The summed E-state index contributed by atoms with van der Waals surface area (Å²) in [7, 11) is 0. The molecule has 1 atom stereocenters. The molecule has 0 radical (unpaired) electrons. The SMILES string of the molecule is CC(=O)OC1CN(C[C@H](Cc2nc[nH]c(=O)c2O)c2ccc(C#Cc3ccc(CN4CCOCC4)cc3)cc2)C1. The topological polar surface area (TPSA) is 108 Å². The summed E-state index contributed by atoms with van der Waals surface area (Å²) in [5.74, 6) is 5.84. The molecule has 5 rings (SSSR count). The molecule has 0 aliphatic carbocycles. The lowest BCUT2D eigenvalue weighted by Gasteiger charge is -2.40. The third-order valence-corrected chi connectivity index (χ3v) is 7.28. The van der Waals surface area contributed by atoms with Crippen LogP contribution in [-0.4, -0.2) is 82.9 Å². The van der Waals surface area contributed by atoms with Crippen LogP contribution in [0.15, 0.2) is 59.7 Å². The van der Waals surface area contributed by atoms with E-state index in [0.717, 1.165) is 49.5 Å². The van der Waals surface area contributed by atoms with E-state index in [1.165, 1.54) is 18.8 Å². The van der Waals surface area contributed by atoms with E-state index >= 15 is 0 Å². The van der Waals surface area contributed by atoms with Crippen molar-refractivity contribution in [2.75, 3.05) is 45.9 Å². The number of hydrogen-bond acceptors (Lipinski definition) is 8. The maximum Gasteiger partial charge on any atom is 0.302 e. The Balaban J connectivity index is 1.25. The number of ether oxygens (including phenoxy) is 2. The van der Waals surface area contributed by atoms with Crippen LogP contribution in [0.1, 0.15) is 40.8 Å². The Morgan fingerprint density at radius 3 is 2.38 bits per heavy atom. The van der Waals surface area contributed by atoms with Gasteiger partial charge in [-0.15, -0.1) is 0 Å². The van der Waals surface area contributed by atoms with Crippen molar-refractivity contribution in [2.24, 2.45) is 0 Å². The molecule has 2 aliphatic rings. The van der Waals surface area contributed by atoms with Crippen LogP contribution >= 0.6 is 0 Å². The van der Waals surface area contributed by atoms with Crippen LogP contribution < -0.4 is 5.56 Å². The van der Waals surface area contributed by atoms with E-state index in [2.05, 4.69) is 55.9 Å². The van der Waals surface area contributed by atoms with Gasteiger partial charge in [0.15, 0.2) is 0 Å². The van der Waals surface area contributed by atoms with Gasteiger partial charge in [-0.3, -0.25) is 19.4 Å². The van der Waals surface area contributed by atoms with Gasteiger partial charge < -0.3 is 19.6 Å². The Kier molecular flexibility index (Phi) is 8.91. The molecule has 2 saturated heterocycles. The van der Waals surface area contributed by atoms with Crippen molar-refractivity contribution >= 4 is 5.97 Å². The molecule has 1 aromatic heterocycles. The van der Waals surface area contributed by atoms with E-state index < -0.39 is 5.56 Å². The van der Waals surface area contributed by atoms with Gasteiger partial charge in [-0.25, -0.2) is 4.98 Å². The molecule has 208 valence electrons. The Morgan fingerprint density at radius 2 is 1.73 bits per heavy atom. The molecule has 3 heterocycles. The zero-order valence-corrected chi connectivity index (χ0v) is 22.6. The van der Waals surface area contributed by atoms with Gasteiger partial charge >= 0.3 is 5.97 Å². The van der Waals surface area contributed by atoms with Crippen molar-refractivity contribution in [2.45, 2.75) is 31.9 Å². The molecule has 0 amide bonds. The molecular formula is C31H34N4O5. The Hall–Kier alpha value is -3.97. The number of nitrogens with one attached hydrogen (secondary N) is 1. The first-order valence-electron chi connectivity index (χ1n) is 13.6. The average molecular weight is 543 g/mol. The third-order valence-electron chi connectivity index (χ3n) is 7.28. The van der Waals surface area contributed by atoms with E-state index in [-0.39, 0.29) is 23.7 Å². The number of aromatic hydroxyl groups is 1. The predicted molar refractivity (Wildman–Crippen MR) is 150 cm³/mol. The number of aromatic amines is 1. The molecule has 0 spiro atoms. The van der Waals surface area contributed by atoms with Crippen LogP contribution in [-0.2, 0) is 27.2 Å². The number of esters is 1. The maximum absolute atomic E-state index is 11.9. The lowest BCUT2D eigenvalue weighted by Crippen LogP contribution is -2.53. The van der Waals surface area contributed by atoms with Crippen molar-refractivity contribution in [3.05, 3.63) is 93.2 Å². The molecule has 9 nitrogen and oxygen atoms in total. The average Bonchev–Trinajstić information content (AvgIpc) is 2.94. The van der Waals surface area contributed by atoms with Gasteiger partial charge in [0.25, 0.3) is 5.56 Å². The zero-order chi connectivity index (χ0) is 27.9. The Morgan fingerprint density at radius 1 is 1.07 bits per heavy atom. The second kappa shape index (κ2) is 12.9. The Bertz CT molecular complexity index is 1410. The van der Waals surface area contributed by atoms with Gasteiger partial charge in [-0.1, -0.05) is 36.1 Å². The zero-order valence-electron chi connectivity index (χ0n) is 22.6. The number of rotatable bonds is 8. The molecule has 0 saturated carbocycles. The summed E-state index contributed by atoms with van der Waals surface area (Å²) < 4.78 is 10.7. The number of hydrogen-bond donors (Lipinski definition) is 2. The Labute approximate surface area is 233 Å². The van der Waals surface area contributed by atoms with Crippen LogP contribution in [0, 0.1) is 11.8 Å². The number of carbonyl (C=O) groups excluding carboxylic acids is 1. The summed E-state index contributed by atoms with van der Waals surface area (Å²) in [5.41, 5.74) is 3.98. The van der Waals surface area contributed by atoms with Gasteiger partial charge in [0.1, 0.15) is 6.10 Å². The number of H-pyrrole nitrogens is 1. The molecule has 2 aromatic carbocycles. The second-order valence-electron chi connectivity index (χ2n) is 10.3. The normalized spacial score (nSPS) is 16.9. The minimum Gasteiger partial charge on any atom is -0.502 e. The first kappa shape index (κ1) is 27.6. The monoisotopic (exact) mass is 542 g/mol. The second-order valence-corrected chi connectivity index (χ2v) is 10.3. The maximum atomic E-state index is 11.9. The van der Waals surface area contributed by atoms with Gasteiger partial charge in [-0.2, -0.15) is 0 Å². The van der Waals surface area contributed by atoms with E-state index in [4.69, 9.17) is 9.47 Å².